The minimum Gasteiger partial charge on any atom is -0.480 e. The lowest BCUT2D eigenvalue weighted by Crippen LogP contribution is -2.41. The number of aliphatic carboxylic acids is 1. The number of amides is 1. The van der Waals surface area contributed by atoms with Crippen LogP contribution in [0.25, 0.3) is 0 Å². The summed E-state index contributed by atoms with van der Waals surface area (Å²) in [6.45, 7) is -0.0370. The van der Waals surface area contributed by atoms with Gasteiger partial charge in [-0.1, -0.05) is 12.1 Å². The highest BCUT2D eigenvalue weighted by Gasteiger charge is 2.38. The predicted molar refractivity (Wildman–Crippen MR) is 70.6 cm³/mol. The molecule has 0 aliphatic carbocycles. The largest absolute Gasteiger partial charge is 0.480 e. The maximum Gasteiger partial charge on any atom is 0.326 e. The predicted octanol–water partition coefficient (Wildman–Crippen LogP) is 0.184. The zero-order valence-corrected chi connectivity index (χ0v) is 11.0. The first-order chi connectivity index (χ1) is 9.88. The second-order valence-corrected chi connectivity index (χ2v) is 4.89. The molecule has 2 N–H and O–H groups in total. The van der Waals surface area contributed by atoms with E-state index in [0.29, 0.717) is 5.56 Å². The molecule has 0 radical (unpaired) electrons. The van der Waals surface area contributed by atoms with Gasteiger partial charge in [0.2, 0.25) is 5.91 Å². The van der Waals surface area contributed by atoms with Crippen LogP contribution in [0.1, 0.15) is 12.0 Å². The highest BCUT2D eigenvalue weighted by Crippen LogP contribution is 2.20. The second-order valence-electron chi connectivity index (χ2n) is 4.89. The zero-order valence-electron chi connectivity index (χ0n) is 11.0. The molecule has 21 heavy (non-hydrogen) atoms. The van der Waals surface area contributed by atoms with Crippen molar-refractivity contribution in [2.24, 2.45) is 0 Å². The van der Waals surface area contributed by atoms with Crippen LogP contribution in [-0.4, -0.2) is 50.6 Å². The number of aliphatic hydroxyl groups is 1. The van der Waals surface area contributed by atoms with Crippen molar-refractivity contribution in [3.8, 4) is 0 Å². The van der Waals surface area contributed by atoms with Gasteiger partial charge in [0.1, 0.15) is 6.04 Å². The molecule has 0 bridgehead atoms. The third-order valence-electron chi connectivity index (χ3n) is 3.36. The molecule has 1 heterocycles. The summed E-state index contributed by atoms with van der Waals surface area (Å²) in [5, 5.41) is 29.2. The number of benzene rings is 1. The van der Waals surface area contributed by atoms with Crippen molar-refractivity contribution in [1.29, 1.82) is 0 Å². The highest BCUT2D eigenvalue weighted by atomic mass is 16.6. The van der Waals surface area contributed by atoms with Crippen molar-refractivity contribution < 1.29 is 24.7 Å². The Labute approximate surface area is 119 Å². The van der Waals surface area contributed by atoms with E-state index >= 15 is 0 Å². The number of hydrogen-bond acceptors (Lipinski definition) is 5. The van der Waals surface area contributed by atoms with E-state index in [9.17, 15) is 24.8 Å². The molecular weight excluding hydrogens is 280 g/mol. The number of nitro benzene ring substituents is 1. The summed E-state index contributed by atoms with van der Waals surface area (Å²) in [5.41, 5.74) is 0.302. The van der Waals surface area contributed by atoms with E-state index in [-0.39, 0.29) is 25.1 Å². The van der Waals surface area contributed by atoms with E-state index in [2.05, 4.69) is 0 Å². The average Bonchev–Trinajstić information content (AvgIpc) is 2.81. The Balaban J connectivity index is 2.12. The molecule has 1 saturated heterocycles. The number of rotatable bonds is 4. The molecule has 2 rings (SSSR count). The van der Waals surface area contributed by atoms with Gasteiger partial charge < -0.3 is 15.1 Å². The van der Waals surface area contributed by atoms with Gasteiger partial charge in [-0.3, -0.25) is 14.9 Å². The monoisotopic (exact) mass is 294 g/mol. The molecule has 1 unspecified atom stereocenters. The third-order valence-corrected chi connectivity index (χ3v) is 3.36. The number of aliphatic hydroxyl groups excluding tert-OH is 1. The van der Waals surface area contributed by atoms with Crippen LogP contribution in [0.5, 0.6) is 0 Å². The van der Waals surface area contributed by atoms with Gasteiger partial charge in [0.15, 0.2) is 0 Å². The number of carboxylic acid groups (broad SMARTS) is 1. The Bertz CT molecular complexity index is 588. The standard InChI is InChI=1S/C13H14N2O6/c16-10-6-11(13(18)19)14(7-10)12(17)5-8-2-1-3-9(4-8)15(20)21/h1-4,10-11,16H,5-7H2,(H,18,19)/t10?,11-/m0/s1. The van der Waals surface area contributed by atoms with Crippen LogP contribution in [0.15, 0.2) is 24.3 Å². The van der Waals surface area contributed by atoms with Crippen LogP contribution in [0, 0.1) is 10.1 Å². The van der Waals surface area contributed by atoms with Crippen molar-refractivity contribution in [3.63, 3.8) is 0 Å². The molecule has 8 heteroatoms. The summed E-state index contributed by atoms with van der Waals surface area (Å²) in [6.07, 6.45) is -1.01. The zero-order chi connectivity index (χ0) is 15.6. The molecule has 0 saturated carbocycles. The molecular formula is C13H14N2O6. The topological polar surface area (TPSA) is 121 Å². The van der Waals surface area contributed by atoms with E-state index in [1.165, 1.54) is 18.2 Å². The van der Waals surface area contributed by atoms with Crippen molar-refractivity contribution in [3.05, 3.63) is 39.9 Å². The molecule has 2 atom stereocenters. The fourth-order valence-corrected chi connectivity index (χ4v) is 2.38. The Morgan fingerprint density at radius 3 is 2.76 bits per heavy atom. The second kappa shape index (κ2) is 5.88. The van der Waals surface area contributed by atoms with E-state index in [1.54, 1.807) is 6.07 Å². The van der Waals surface area contributed by atoms with Gasteiger partial charge >= 0.3 is 5.97 Å². The normalized spacial score (nSPS) is 21.3. The van der Waals surface area contributed by atoms with Gasteiger partial charge in [-0.05, 0) is 5.56 Å². The summed E-state index contributed by atoms with van der Waals surface area (Å²) >= 11 is 0. The van der Waals surface area contributed by atoms with Crippen LogP contribution in [0.2, 0.25) is 0 Å². The number of carboxylic acids is 1. The Morgan fingerprint density at radius 2 is 2.14 bits per heavy atom. The van der Waals surface area contributed by atoms with Crippen molar-refractivity contribution in [1.82, 2.24) is 4.90 Å². The minimum absolute atomic E-state index is 0.00396. The van der Waals surface area contributed by atoms with E-state index < -0.39 is 28.9 Å². The molecule has 1 aliphatic rings. The van der Waals surface area contributed by atoms with E-state index in [4.69, 9.17) is 5.11 Å². The fourth-order valence-electron chi connectivity index (χ4n) is 2.38. The molecule has 8 nitrogen and oxygen atoms in total. The first kappa shape index (κ1) is 14.9. The lowest BCUT2D eigenvalue weighted by Gasteiger charge is -2.21. The summed E-state index contributed by atoms with van der Waals surface area (Å²) in [5.74, 6) is -1.64. The molecule has 0 spiro atoms. The van der Waals surface area contributed by atoms with Crippen molar-refractivity contribution in [2.45, 2.75) is 25.0 Å². The number of likely N-dealkylation sites (tertiary alicyclic amines) is 1. The Morgan fingerprint density at radius 1 is 1.43 bits per heavy atom. The van der Waals surface area contributed by atoms with Crippen LogP contribution in [0.3, 0.4) is 0 Å². The summed E-state index contributed by atoms with van der Waals surface area (Å²) in [4.78, 5) is 34.4. The number of β-amino-alcohol motifs (C(OH)–C–C–N with tert-alkyl or cyclic N) is 1. The third kappa shape index (κ3) is 3.34. The molecule has 1 aliphatic heterocycles. The van der Waals surface area contributed by atoms with Crippen molar-refractivity contribution in [2.75, 3.05) is 6.54 Å². The smallest absolute Gasteiger partial charge is 0.326 e. The molecule has 0 aromatic heterocycles. The highest BCUT2D eigenvalue weighted by molar-refractivity contribution is 5.85. The van der Waals surface area contributed by atoms with Crippen LogP contribution in [-0.2, 0) is 16.0 Å². The van der Waals surface area contributed by atoms with Crippen LogP contribution < -0.4 is 0 Å². The SMILES string of the molecule is O=C(O)[C@@H]1CC(O)CN1C(=O)Cc1cccc([N+](=O)[O-])c1. The molecule has 1 amide bonds. The Kier molecular flexibility index (Phi) is 4.18. The summed E-state index contributed by atoms with van der Waals surface area (Å²) < 4.78 is 0. The first-order valence-electron chi connectivity index (χ1n) is 6.32. The van der Waals surface area contributed by atoms with Gasteiger partial charge in [-0.2, -0.15) is 0 Å². The summed E-state index contributed by atoms with van der Waals surface area (Å²) in [7, 11) is 0. The number of hydrogen-bond donors (Lipinski definition) is 2. The minimum atomic E-state index is -1.17. The summed E-state index contributed by atoms with van der Waals surface area (Å²) in [6, 6.07) is 4.57. The number of non-ortho nitro benzene ring substituents is 1. The van der Waals surface area contributed by atoms with Gasteiger partial charge in [0, 0.05) is 25.1 Å². The fraction of sp³-hybridized carbons (Fsp3) is 0.385. The molecule has 112 valence electrons. The van der Waals surface area contributed by atoms with Gasteiger partial charge in [0.25, 0.3) is 5.69 Å². The van der Waals surface area contributed by atoms with Crippen LogP contribution in [0.4, 0.5) is 5.69 Å². The number of nitrogens with zero attached hydrogens (tertiary/aromatic N) is 2. The van der Waals surface area contributed by atoms with Gasteiger partial charge in [-0.15, -0.1) is 0 Å². The molecule has 1 aromatic rings. The van der Waals surface area contributed by atoms with Gasteiger partial charge in [-0.25, -0.2) is 4.79 Å². The molecule has 1 fully saturated rings. The maximum absolute atomic E-state index is 12.1. The molecule has 1 aromatic carbocycles. The number of carbonyl (C=O) groups is 2. The first-order valence-corrected chi connectivity index (χ1v) is 6.32. The number of carbonyl (C=O) groups excluding carboxylic acids is 1. The van der Waals surface area contributed by atoms with Crippen LogP contribution >= 0.6 is 0 Å². The van der Waals surface area contributed by atoms with Gasteiger partial charge in [0.05, 0.1) is 17.4 Å². The lowest BCUT2D eigenvalue weighted by atomic mass is 10.1. The number of nitro groups is 1. The van der Waals surface area contributed by atoms with E-state index in [1.807, 2.05) is 0 Å². The van der Waals surface area contributed by atoms with Crippen molar-refractivity contribution >= 4 is 17.6 Å². The average molecular weight is 294 g/mol. The quantitative estimate of drug-likeness (QED) is 0.603. The lowest BCUT2D eigenvalue weighted by molar-refractivity contribution is -0.384. The Hall–Kier alpha value is -2.48. The maximum atomic E-state index is 12.1. The van der Waals surface area contributed by atoms with E-state index in [0.717, 1.165) is 4.90 Å².